The van der Waals surface area contributed by atoms with Gasteiger partial charge in [-0.25, -0.2) is 0 Å². The molecule has 0 radical (unpaired) electrons. The largest absolute Gasteiger partial charge is 0.353 e. The molecule has 1 atom stereocenters. The first-order valence-corrected chi connectivity index (χ1v) is 7.67. The predicted molar refractivity (Wildman–Crippen MR) is 79.1 cm³/mol. The smallest absolute Gasteiger partial charge is 0.236 e. The molecule has 1 aliphatic rings. The van der Waals surface area contributed by atoms with E-state index in [4.69, 9.17) is 5.73 Å². The van der Waals surface area contributed by atoms with Gasteiger partial charge in [-0.3, -0.25) is 9.48 Å². The molecule has 1 fully saturated rings. The monoisotopic (exact) mass is 278 g/mol. The molecule has 0 saturated heterocycles. The third kappa shape index (κ3) is 4.63. The SMILES string of the molecule is Cc1cnn(CCNC(=O)C(N)CC2CCCCC2)c1. The minimum absolute atomic E-state index is 0.0283. The van der Waals surface area contributed by atoms with Crippen LogP contribution in [-0.2, 0) is 11.3 Å². The van der Waals surface area contributed by atoms with Crippen LogP contribution in [0.5, 0.6) is 0 Å². The molecule has 1 unspecified atom stereocenters. The van der Waals surface area contributed by atoms with E-state index in [1.165, 1.54) is 32.1 Å². The van der Waals surface area contributed by atoms with E-state index in [9.17, 15) is 4.79 Å². The van der Waals surface area contributed by atoms with Crippen molar-refractivity contribution >= 4 is 5.91 Å². The number of nitrogens with two attached hydrogens (primary N) is 1. The van der Waals surface area contributed by atoms with Gasteiger partial charge < -0.3 is 11.1 Å². The standard InChI is InChI=1S/C15H26N4O/c1-12-10-18-19(11-12)8-7-17-15(20)14(16)9-13-5-3-2-4-6-13/h10-11,13-14H,2-9,16H2,1H3,(H,17,20). The number of nitrogens with zero attached hydrogens (tertiary/aromatic N) is 2. The summed E-state index contributed by atoms with van der Waals surface area (Å²) < 4.78 is 1.84. The zero-order valence-electron chi connectivity index (χ0n) is 12.3. The van der Waals surface area contributed by atoms with Crippen molar-refractivity contribution in [3.8, 4) is 0 Å². The lowest BCUT2D eigenvalue weighted by Crippen LogP contribution is -2.43. The second-order valence-corrected chi connectivity index (χ2v) is 5.92. The van der Waals surface area contributed by atoms with Crippen LogP contribution in [0.3, 0.4) is 0 Å². The van der Waals surface area contributed by atoms with Gasteiger partial charge in [-0.05, 0) is 24.8 Å². The van der Waals surface area contributed by atoms with Crippen molar-refractivity contribution < 1.29 is 4.79 Å². The number of rotatable bonds is 6. The van der Waals surface area contributed by atoms with Crippen LogP contribution in [0.2, 0.25) is 0 Å². The lowest BCUT2D eigenvalue weighted by molar-refractivity contribution is -0.122. The van der Waals surface area contributed by atoms with Gasteiger partial charge in [-0.1, -0.05) is 32.1 Å². The highest BCUT2D eigenvalue weighted by atomic mass is 16.2. The summed E-state index contributed by atoms with van der Waals surface area (Å²) in [4.78, 5) is 11.9. The molecule has 20 heavy (non-hydrogen) atoms. The Balaban J connectivity index is 1.65. The van der Waals surface area contributed by atoms with Crippen molar-refractivity contribution in [1.82, 2.24) is 15.1 Å². The molecule has 5 heteroatoms. The van der Waals surface area contributed by atoms with E-state index in [0.29, 0.717) is 19.0 Å². The Morgan fingerprint density at radius 3 is 2.90 bits per heavy atom. The minimum atomic E-state index is -0.363. The third-order valence-corrected chi connectivity index (χ3v) is 4.05. The molecule has 0 spiro atoms. The number of carbonyl (C=O) groups excluding carboxylic acids is 1. The second-order valence-electron chi connectivity index (χ2n) is 5.92. The number of aryl methyl sites for hydroxylation is 1. The highest BCUT2D eigenvalue weighted by Crippen LogP contribution is 2.26. The quantitative estimate of drug-likeness (QED) is 0.830. The average Bonchev–Trinajstić information content (AvgIpc) is 2.85. The van der Waals surface area contributed by atoms with Crippen LogP contribution in [0.1, 0.15) is 44.1 Å². The summed E-state index contributed by atoms with van der Waals surface area (Å²) in [6.45, 7) is 3.27. The van der Waals surface area contributed by atoms with E-state index in [2.05, 4.69) is 10.4 Å². The summed E-state index contributed by atoms with van der Waals surface area (Å²) in [6.07, 6.45) is 11.0. The summed E-state index contributed by atoms with van der Waals surface area (Å²) in [6, 6.07) is -0.363. The minimum Gasteiger partial charge on any atom is -0.353 e. The molecule has 1 saturated carbocycles. The van der Waals surface area contributed by atoms with Crippen molar-refractivity contribution in [1.29, 1.82) is 0 Å². The van der Waals surface area contributed by atoms with Crippen LogP contribution in [0.15, 0.2) is 12.4 Å². The molecular formula is C15H26N4O. The number of hydrogen-bond acceptors (Lipinski definition) is 3. The molecule has 3 N–H and O–H groups in total. The molecule has 1 heterocycles. The summed E-state index contributed by atoms with van der Waals surface area (Å²) in [5.74, 6) is 0.609. The number of hydrogen-bond donors (Lipinski definition) is 2. The molecule has 2 rings (SSSR count). The zero-order valence-corrected chi connectivity index (χ0v) is 12.3. The Morgan fingerprint density at radius 2 is 2.25 bits per heavy atom. The number of aromatic nitrogens is 2. The maximum atomic E-state index is 11.9. The molecule has 0 bridgehead atoms. The fourth-order valence-electron chi connectivity index (χ4n) is 2.90. The summed E-state index contributed by atoms with van der Waals surface area (Å²) >= 11 is 0. The van der Waals surface area contributed by atoms with E-state index < -0.39 is 0 Å². The first-order chi connectivity index (χ1) is 9.65. The van der Waals surface area contributed by atoms with Crippen LogP contribution in [-0.4, -0.2) is 28.3 Å². The fraction of sp³-hybridized carbons (Fsp3) is 0.733. The molecule has 5 nitrogen and oxygen atoms in total. The predicted octanol–water partition coefficient (Wildman–Crippen LogP) is 1.61. The highest BCUT2D eigenvalue weighted by Gasteiger charge is 2.20. The Morgan fingerprint density at radius 1 is 1.50 bits per heavy atom. The van der Waals surface area contributed by atoms with Gasteiger partial charge in [-0.2, -0.15) is 5.10 Å². The lowest BCUT2D eigenvalue weighted by atomic mass is 9.85. The Hall–Kier alpha value is -1.36. The Kier molecular flexibility index (Phi) is 5.59. The van der Waals surface area contributed by atoms with Gasteiger partial charge in [0.05, 0.1) is 18.8 Å². The van der Waals surface area contributed by atoms with E-state index in [1.807, 2.05) is 24.0 Å². The fourth-order valence-corrected chi connectivity index (χ4v) is 2.90. The van der Waals surface area contributed by atoms with Crippen LogP contribution >= 0.6 is 0 Å². The molecule has 112 valence electrons. The highest BCUT2D eigenvalue weighted by molar-refractivity contribution is 5.81. The molecular weight excluding hydrogens is 252 g/mol. The van der Waals surface area contributed by atoms with Gasteiger partial charge in [0, 0.05) is 12.7 Å². The van der Waals surface area contributed by atoms with Crippen LogP contribution in [0.25, 0.3) is 0 Å². The number of carbonyl (C=O) groups is 1. The van der Waals surface area contributed by atoms with E-state index in [0.717, 1.165) is 12.0 Å². The summed E-state index contributed by atoms with van der Waals surface area (Å²) in [7, 11) is 0. The molecule has 0 aromatic carbocycles. The zero-order chi connectivity index (χ0) is 14.4. The molecule has 1 aromatic rings. The van der Waals surface area contributed by atoms with Gasteiger partial charge in [-0.15, -0.1) is 0 Å². The molecule has 1 aromatic heterocycles. The topological polar surface area (TPSA) is 72.9 Å². The number of amides is 1. The van der Waals surface area contributed by atoms with Gasteiger partial charge in [0.1, 0.15) is 0 Å². The average molecular weight is 278 g/mol. The summed E-state index contributed by atoms with van der Waals surface area (Å²) in [5.41, 5.74) is 7.13. The van der Waals surface area contributed by atoms with Gasteiger partial charge in [0.2, 0.25) is 5.91 Å². The lowest BCUT2D eigenvalue weighted by Gasteiger charge is -2.24. The number of nitrogens with one attached hydrogen (secondary N) is 1. The van der Waals surface area contributed by atoms with Crippen LogP contribution < -0.4 is 11.1 Å². The Bertz CT molecular complexity index is 423. The van der Waals surface area contributed by atoms with Crippen molar-refractivity contribution in [2.24, 2.45) is 11.7 Å². The van der Waals surface area contributed by atoms with Crippen LogP contribution in [0, 0.1) is 12.8 Å². The van der Waals surface area contributed by atoms with Gasteiger partial charge in [0.15, 0.2) is 0 Å². The first kappa shape index (κ1) is 15.0. The third-order valence-electron chi connectivity index (χ3n) is 4.05. The molecule has 0 aliphatic heterocycles. The summed E-state index contributed by atoms with van der Waals surface area (Å²) in [5, 5.41) is 7.09. The van der Waals surface area contributed by atoms with E-state index >= 15 is 0 Å². The Labute approximate surface area is 120 Å². The van der Waals surface area contributed by atoms with Crippen molar-refractivity contribution in [3.63, 3.8) is 0 Å². The van der Waals surface area contributed by atoms with Crippen molar-refractivity contribution in [2.45, 2.75) is 58.0 Å². The van der Waals surface area contributed by atoms with E-state index in [-0.39, 0.29) is 11.9 Å². The molecule has 1 aliphatic carbocycles. The van der Waals surface area contributed by atoms with Gasteiger partial charge >= 0.3 is 0 Å². The normalized spacial score (nSPS) is 17.9. The van der Waals surface area contributed by atoms with Crippen LogP contribution in [0.4, 0.5) is 0 Å². The maximum Gasteiger partial charge on any atom is 0.236 e. The van der Waals surface area contributed by atoms with Gasteiger partial charge in [0.25, 0.3) is 0 Å². The molecule has 1 amide bonds. The maximum absolute atomic E-state index is 11.9. The van der Waals surface area contributed by atoms with Crippen molar-refractivity contribution in [2.75, 3.05) is 6.54 Å². The first-order valence-electron chi connectivity index (χ1n) is 7.67. The second kappa shape index (κ2) is 7.43. The van der Waals surface area contributed by atoms with E-state index in [1.54, 1.807) is 0 Å². The van der Waals surface area contributed by atoms with Crippen molar-refractivity contribution in [3.05, 3.63) is 18.0 Å².